The molecule has 4 aliphatic rings. The lowest BCUT2D eigenvalue weighted by molar-refractivity contribution is -0.168. The molecule has 0 aliphatic heterocycles. The van der Waals surface area contributed by atoms with Gasteiger partial charge in [-0.1, -0.05) is 51.5 Å². The third-order valence-corrected chi connectivity index (χ3v) is 10.1. The molecule has 1 aromatic rings. The highest BCUT2D eigenvalue weighted by molar-refractivity contribution is 5.87. The van der Waals surface area contributed by atoms with E-state index in [9.17, 15) is 4.79 Å². The van der Waals surface area contributed by atoms with Crippen molar-refractivity contribution in [3.63, 3.8) is 0 Å². The van der Waals surface area contributed by atoms with Crippen molar-refractivity contribution in [2.24, 2.45) is 33.5 Å². The highest BCUT2D eigenvalue weighted by Crippen LogP contribution is 2.71. The van der Waals surface area contributed by atoms with Crippen LogP contribution >= 0.6 is 0 Å². The molecule has 1 spiro atoms. The van der Waals surface area contributed by atoms with Gasteiger partial charge in [-0.3, -0.25) is 0 Å². The van der Waals surface area contributed by atoms with Crippen molar-refractivity contribution in [3.05, 3.63) is 48.1 Å². The molecule has 0 heterocycles. The average molecular weight is 449 g/mol. The standard InChI is InChI=1S/C30H40O3/c1-27-16-12-25-29(3)15-5-14-28(2,24(29)13-17-30(25,20-27)19-18-27)21-33-26(31)11-8-22-6-9-23(32-4)10-7-22/h6-11,18-19,24-25H,5,12-17,20-21H2,1-4H3/b11-8+/t24-,25+,27-,28-,29-,30+/m1/s1. The first-order chi connectivity index (χ1) is 15.7. The van der Waals surface area contributed by atoms with Gasteiger partial charge in [0.1, 0.15) is 5.75 Å². The van der Waals surface area contributed by atoms with Crippen LogP contribution in [0.4, 0.5) is 0 Å². The van der Waals surface area contributed by atoms with Crippen LogP contribution < -0.4 is 4.74 Å². The van der Waals surface area contributed by atoms with Gasteiger partial charge in [0.25, 0.3) is 0 Å². The summed E-state index contributed by atoms with van der Waals surface area (Å²) < 4.78 is 11.1. The average Bonchev–Trinajstić information content (AvgIpc) is 3.05. The first kappa shape index (κ1) is 22.7. The Morgan fingerprint density at radius 2 is 1.76 bits per heavy atom. The van der Waals surface area contributed by atoms with Crippen LogP contribution in [0.3, 0.4) is 0 Å². The predicted octanol–water partition coefficient (Wildman–Crippen LogP) is 7.22. The van der Waals surface area contributed by atoms with Gasteiger partial charge in [0, 0.05) is 11.5 Å². The largest absolute Gasteiger partial charge is 0.497 e. The normalized spacial score (nSPS) is 41.5. The van der Waals surface area contributed by atoms with Gasteiger partial charge in [0.15, 0.2) is 0 Å². The van der Waals surface area contributed by atoms with E-state index in [0.29, 0.717) is 28.8 Å². The van der Waals surface area contributed by atoms with Crippen molar-refractivity contribution in [1.82, 2.24) is 0 Å². The Morgan fingerprint density at radius 1 is 1.00 bits per heavy atom. The van der Waals surface area contributed by atoms with E-state index < -0.39 is 0 Å². The zero-order valence-corrected chi connectivity index (χ0v) is 20.9. The smallest absolute Gasteiger partial charge is 0.330 e. The lowest BCUT2D eigenvalue weighted by Gasteiger charge is -2.64. The monoisotopic (exact) mass is 448 g/mol. The Morgan fingerprint density at radius 3 is 2.52 bits per heavy atom. The summed E-state index contributed by atoms with van der Waals surface area (Å²) in [7, 11) is 1.65. The summed E-state index contributed by atoms with van der Waals surface area (Å²) in [6.07, 6.45) is 18.9. The Hall–Kier alpha value is -2.03. The van der Waals surface area contributed by atoms with Crippen LogP contribution in [0, 0.1) is 33.5 Å². The van der Waals surface area contributed by atoms with Crippen LogP contribution in [-0.2, 0) is 9.53 Å². The molecular formula is C30H40O3. The number of rotatable bonds is 5. The molecule has 0 aromatic heterocycles. The summed E-state index contributed by atoms with van der Waals surface area (Å²) in [5, 5.41) is 0. The fourth-order valence-electron chi connectivity index (χ4n) is 8.60. The van der Waals surface area contributed by atoms with Crippen molar-refractivity contribution in [2.75, 3.05) is 13.7 Å². The minimum absolute atomic E-state index is 0.0707. The predicted molar refractivity (Wildman–Crippen MR) is 133 cm³/mol. The second kappa shape index (κ2) is 8.03. The highest BCUT2D eigenvalue weighted by atomic mass is 16.5. The molecule has 0 unspecified atom stereocenters. The molecule has 3 fully saturated rings. The van der Waals surface area contributed by atoms with E-state index in [-0.39, 0.29) is 11.4 Å². The third kappa shape index (κ3) is 3.86. The molecule has 3 nitrogen and oxygen atoms in total. The van der Waals surface area contributed by atoms with Gasteiger partial charge in [-0.25, -0.2) is 4.79 Å². The quantitative estimate of drug-likeness (QED) is 0.271. The maximum atomic E-state index is 12.6. The Bertz CT molecular complexity index is 961. The molecule has 0 radical (unpaired) electrons. The minimum atomic E-state index is -0.237. The van der Waals surface area contributed by atoms with Crippen LogP contribution in [0.25, 0.3) is 6.08 Å². The topological polar surface area (TPSA) is 35.5 Å². The number of esters is 1. The maximum absolute atomic E-state index is 12.6. The van der Waals surface area contributed by atoms with Crippen molar-refractivity contribution >= 4 is 12.0 Å². The number of fused-ring (bicyclic) bond motifs is 3. The fourth-order valence-corrected chi connectivity index (χ4v) is 8.60. The lowest BCUT2D eigenvalue weighted by Crippen LogP contribution is -2.58. The van der Waals surface area contributed by atoms with E-state index in [1.807, 2.05) is 30.3 Å². The number of benzene rings is 1. The van der Waals surface area contributed by atoms with E-state index in [1.165, 1.54) is 44.9 Å². The number of ether oxygens (including phenoxy) is 2. The number of hydrogen-bond acceptors (Lipinski definition) is 3. The fraction of sp³-hybridized carbons (Fsp3) is 0.633. The number of carbonyl (C=O) groups excluding carboxylic acids is 1. The van der Waals surface area contributed by atoms with Crippen LogP contribution in [0.1, 0.15) is 77.7 Å². The van der Waals surface area contributed by atoms with Gasteiger partial charge >= 0.3 is 5.97 Å². The van der Waals surface area contributed by atoms with Crippen molar-refractivity contribution in [1.29, 1.82) is 0 Å². The summed E-state index contributed by atoms with van der Waals surface area (Å²) in [4.78, 5) is 12.6. The van der Waals surface area contributed by atoms with Crippen LogP contribution in [0.15, 0.2) is 42.5 Å². The SMILES string of the molecule is COc1ccc(/C=C/C(=O)OC[C@@]2(C)CCC[C@]3(C)[C@@H]2CC[C@@]24C=C[C@@](C)(CC[C@H]23)C4)cc1. The second-order valence-corrected chi connectivity index (χ2v) is 12.3. The van der Waals surface area contributed by atoms with Gasteiger partial charge in [0.2, 0.25) is 0 Å². The Kier molecular flexibility index (Phi) is 5.53. The molecule has 178 valence electrons. The van der Waals surface area contributed by atoms with Crippen LogP contribution in [-0.4, -0.2) is 19.7 Å². The van der Waals surface area contributed by atoms with Gasteiger partial charge in [-0.05, 0) is 96.8 Å². The number of carbonyl (C=O) groups is 1. The van der Waals surface area contributed by atoms with Gasteiger partial charge < -0.3 is 9.47 Å². The van der Waals surface area contributed by atoms with Gasteiger partial charge in [-0.15, -0.1) is 0 Å². The minimum Gasteiger partial charge on any atom is -0.497 e. The summed E-state index contributed by atoms with van der Waals surface area (Å²) in [6, 6.07) is 7.69. The van der Waals surface area contributed by atoms with E-state index in [2.05, 4.69) is 32.9 Å². The molecule has 2 bridgehead atoms. The van der Waals surface area contributed by atoms with E-state index in [0.717, 1.165) is 23.7 Å². The number of methoxy groups -OCH3 is 1. The summed E-state index contributed by atoms with van der Waals surface area (Å²) in [5.74, 6) is 1.98. The molecule has 0 N–H and O–H groups in total. The molecule has 0 saturated heterocycles. The van der Waals surface area contributed by atoms with Crippen LogP contribution in [0.2, 0.25) is 0 Å². The third-order valence-electron chi connectivity index (χ3n) is 10.1. The number of hydrogen-bond donors (Lipinski definition) is 0. The second-order valence-electron chi connectivity index (χ2n) is 12.3. The molecule has 3 heteroatoms. The van der Waals surface area contributed by atoms with E-state index in [1.54, 1.807) is 13.2 Å². The number of allylic oxidation sites excluding steroid dienone is 2. The van der Waals surface area contributed by atoms with Crippen LogP contribution in [0.5, 0.6) is 5.75 Å². The molecule has 6 atom stereocenters. The first-order valence-electron chi connectivity index (χ1n) is 12.9. The highest BCUT2D eigenvalue weighted by Gasteiger charge is 2.63. The van der Waals surface area contributed by atoms with Crippen molar-refractivity contribution < 1.29 is 14.3 Å². The molecule has 0 amide bonds. The first-order valence-corrected chi connectivity index (χ1v) is 12.9. The maximum Gasteiger partial charge on any atom is 0.330 e. The van der Waals surface area contributed by atoms with Gasteiger partial charge in [0.05, 0.1) is 13.7 Å². The molecular weight excluding hydrogens is 408 g/mol. The summed E-state index contributed by atoms with van der Waals surface area (Å²) in [6.45, 7) is 7.98. The van der Waals surface area contributed by atoms with Crippen molar-refractivity contribution in [2.45, 2.75) is 72.1 Å². The summed E-state index contributed by atoms with van der Waals surface area (Å²) >= 11 is 0. The zero-order valence-electron chi connectivity index (χ0n) is 20.9. The molecule has 3 saturated carbocycles. The van der Waals surface area contributed by atoms with E-state index >= 15 is 0 Å². The zero-order chi connectivity index (χ0) is 23.3. The molecule has 4 aliphatic carbocycles. The van der Waals surface area contributed by atoms with E-state index in [4.69, 9.17) is 9.47 Å². The molecule has 33 heavy (non-hydrogen) atoms. The lowest BCUT2D eigenvalue weighted by atomic mass is 9.40. The van der Waals surface area contributed by atoms with Gasteiger partial charge in [-0.2, -0.15) is 0 Å². The Labute approximate surface area is 199 Å². The molecule has 5 rings (SSSR count). The molecule has 1 aromatic carbocycles. The Balaban J connectivity index is 1.27. The summed E-state index contributed by atoms with van der Waals surface area (Å²) in [5.41, 5.74) is 2.25. The van der Waals surface area contributed by atoms with Crippen molar-refractivity contribution in [3.8, 4) is 5.75 Å².